The minimum atomic E-state index is -0.651. The van der Waals surface area contributed by atoms with Crippen molar-refractivity contribution in [2.75, 3.05) is 5.32 Å². The summed E-state index contributed by atoms with van der Waals surface area (Å²) < 4.78 is 1.82. The number of phenols is 1. The summed E-state index contributed by atoms with van der Waals surface area (Å²) in [6, 6.07) is 15.2. The number of aryl methyl sites for hydroxylation is 1. The molecule has 4 rings (SSSR count). The number of pyridine rings is 1. The smallest absolute Gasteiger partial charge is 0.270 e. The van der Waals surface area contributed by atoms with Gasteiger partial charge in [-0.2, -0.15) is 0 Å². The molecule has 0 aliphatic rings. The summed E-state index contributed by atoms with van der Waals surface area (Å²) in [6.07, 6.45) is 2.66. The van der Waals surface area contributed by atoms with Crippen molar-refractivity contribution in [3.8, 4) is 5.75 Å². The molecule has 1 unspecified atom stereocenters. The summed E-state index contributed by atoms with van der Waals surface area (Å²) in [7, 11) is 0. The molecule has 8 nitrogen and oxygen atoms in total. The van der Waals surface area contributed by atoms with Crippen LogP contribution in [0.25, 0.3) is 11.0 Å². The maximum Gasteiger partial charge on any atom is 0.270 e. The molecule has 2 aromatic carbocycles. The molecule has 8 heteroatoms. The van der Waals surface area contributed by atoms with Crippen LogP contribution in [0.5, 0.6) is 5.75 Å². The molecule has 1 atom stereocenters. The maximum absolute atomic E-state index is 11.3. The van der Waals surface area contributed by atoms with Gasteiger partial charge in [-0.25, -0.2) is 9.97 Å². The summed E-state index contributed by atoms with van der Waals surface area (Å²) in [4.78, 5) is 19.5. The highest BCUT2D eigenvalue weighted by Gasteiger charge is 2.23. The number of aromatic hydroxyl groups is 1. The van der Waals surface area contributed by atoms with Gasteiger partial charge in [0.05, 0.1) is 22.3 Å². The van der Waals surface area contributed by atoms with Gasteiger partial charge in [-0.05, 0) is 42.8 Å². The van der Waals surface area contributed by atoms with E-state index < -0.39 is 11.1 Å². The first kappa shape index (κ1) is 17.5. The van der Waals surface area contributed by atoms with Crippen LogP contribution in [-0.2, 0) is 0 Å². The van der Waals surface area contributed by atoms with Crippen molar-refractivity contribution in [1.82, 2.24) is 14.5 Å². The van der Waals surface area contributed by atoms with Crippen LogP contribution in [0.1, 0.15) is 17.3 Å². The van der Waals surface area contributed by atoms with E-state index in [-0.39, 0.29) is 11.4 Å². The number of fused-ring (bicyclic) bond motifs is 1. The second-order valence-corrected chi connectivity index (χ2v) is 6.41. The minimum absolute atomic E-state index is 0.0615. The van der Waals surface area contributed by atoms with E-state index in [4.69, 9.17) is 0 Å². The Balaban J connectivity index is 1.89. The summed E-state index contributed by atoms with van der Waals surface area (Å²) in [5.41, 5.74) is 2.84. The zero-order valence-corrected chi connectivity index (χ0v) is 15.0. The highest BCUT2D eigenvalue weighted by atomic mass is 16.6. The van der Waals surface area contributed by atoms with E-state index in [1.54, 1.807) is 12.5 Å². The predicted octanol–water partition coefficient (Wildman–Crippen LogP) is 4.01. The highest BCUT2D eigenvalue weighted by Crippen LogP contribution is 2.33. The van der Waals surface area contributed by atoms with Crippen LogP contribution in [0.4, 0.5) is 11.5 Å². The number of hydrogen-bond donors (Lipinski definition) is 2. The van der Waals surface area contributed by atoms with Gasteiger partial charge in [0.25, 0.3) is 5.69 Å². The number of benzene rings is 2. The van der Waals surface area contributed by atoms with Crippen molar-refractivity contribution < 1.29 is 10.0 Å². The molecular weight excluding hydrogens is 358 g/mol. The SMILES string of the molecule is Cc1ccnc(NC(c2cc([N+](=O)[O-])ccc2O)n2cnc3ccccc32)c1. The summed E-state index contributed by atoms with van der Waals surface area (Å²) in [5, 5.41) is 25.0. The topological polar surface area (TPSA) is 106 Å². The lowest BCUT2D eigenvalue weighted by Crippen LogP contribution is -2.20. The van der Waals surface area contributed by atoms with Gasteiger partial charge in [0.1, 0.15) is 17.7 Å². The quantitative estimate of drug-likeness (QED) is 0.403. The van der Waals surface area contributed by atoms with Crippen LogP contribution >= 0.6 is 0 Å². The number of non-ortho nitro benzene ring substituents is 1. The molecule has 28 heavy (non-hydrogen) atoms. The number of nitrogens with zero attached hydrogens (tertiary/aromatic N) is 4. The maximum atomic E-state index is 11.3. The average Bonchev–Trinajstić information content (AvgIpc) is 3.10. The molecule has 0 fully saturated rings. The Bertz CT molecular complexity index is 1170. The van der Waals surface area contributed by atoms with Crippen molar-refractivity contribution >= 4 is 22.5 Å². The van der Waals surface area contributed by atoms with E-state index in [1.165, 1.54) is 18.2 Å². The van der Waals surface area contributed by atoms with Crippen LogP contribution in [-0.4, -0.2) is 24.6 Å². The zero-order valence-electron chi connectivity index (χ0n) is 15.0. The van der Waals surface area contributed by atoms with Crippen LogP contribution in [0.15, 0.2) is 67.1 Å². The van der Waals surface area contributed by atoms with Gasteiger partial charge in [-0.15, -0.1) is 0 Å². The first-order chi connectivity index (χ1) is 13.5. The predicted molar refractivity (Wildman–Crippen MR) is 105 cm³/mol. The number of imidazole rings is 1. The standard InChI is InChI=1S/C20H17N5O3/c1-13-8-9-21-19(10-13)23-20(15-11-14(25(27)28)6-7-18(15)26)24-12-22-16-4-2-3-5-17(16)24/h2-12,20,26H,1H3,(H,21,23). The fraction of sp³-hybridized carbons (Fsp3) is 0.100. The van der Waals surface area contributed by atoms with Gasteiger partial charge in [0.15, 0.2) is 0 Å². The number of aromatic nitrogens is 3. The van der Waals surface area contributed by atoms with E-state index in [0.29, 0.717) is 11.4 Å². The van der Waals surface area contributed by atoms with Crippen molar-refractivity contribution in [2.24, 2.45) is 0 Å². The van der Waals surface area contributed by atoms with E-state index in [9.17, 15) is 15.2 Å². The largest absolute Gasteiger partial charge is 0.508 e. The van der Waals surface area contributed by atoms with E-state index >= 15 is 0 Å². The van der Waals surface area contributed by atoms with Crippen molar-refractivity contribution in [3.63, 3.8) is 0 Å². The Morgan fingerprint density at radius 2 is 1.96 bits per heavy atom. The van der Waals surface area contributed by atoms with Crippen molar-refractivity contribution in [1.29, 1.82) is 0 Å². The number of nitro groups is 1. The molecule has 0 bridgehead atoms. The number of nitro benzene ring substituents is 1. The van der Waals surface area contributed by atoms with Gasteiger partial charge in [-0.3, -0.25) is 10.1 Å². The second kappa shape index (κ2) is 6.99. The zero-order chi connectivity index (χ0) is 19.7. The van der Waals surface area contributed by atoms with Crippen molar-refractivity contribution in [3.05, 3.63) is 88.4 Å². The molecule has 2 N–H and O–H groups in total. The number of phenolic OH excluding ortho intramolecular Hbond substituents is 1. The fourth-order valence-electron chi connectivity index (χ4n) is 3.11. The molecule has 0 saturated heterocycles. The number of hydrogen-bond acceptors (Lipinski definition) is 6. The number of rotatable bonds is 5. The summed E-state index contributed by atoms with van der Waals surface area (Å²) in [5.74, 6) is 0.516. The third kappa shape index (κ3) is 3.23. The first-order valence-corrected chi connectivity index (χ1v) is 8.61. The Kier molecular flexibility index (Phi) is 4.36. The number of nitrogens with one attached hydrogen (secondary N) is 1. The lowest BCUT2D eigenvalue weighted by Gasteiger charge is -2.23. The molecule has 0 radical (unpaired) electrons. The first-order valence-electron chi connectivity index (χ1n) is 8.61. The van der Waals surface area contributed by atoms with Gasteiger partial charge in [-0.1, -0.05) is 12.1 Å². The third-order valence-corrected chi connectivity index (χ3v) is 4.48. The lowest BCUT2D eigenvalue weighted by atomic mass is 10.1. The van der Waals surface area contributed by atoms with E-state index in [1.807, 2.05) is 47.9 Å². The highest BCUT2D eigenvalue weighted by molar-refractivity contribution is 5.75. The van der Waals surface area contributed by atoms with E-state index in [2.05, 4.69) is 15.3 Å². The van der Waals surface area contributed by atoms with Gasteiger partial charge >= 0.3 is 0 Å². The van der Waals surface area contributed by atoms with Crippen LogP contribution in [0.3, 0.4) is 0 Å². The van der Waals surface area contributed by atoms with E-state index in [0.717, 1.165) is 16.6 Å². The molecule has 0 saturated carbocycles. The average molecular weight is 375 g/mol. The van der Waals surface area contributed by atoms with Crippen LogP contribution < -0.4 is 5.32 Å². The van der Waals surface area contributed by atoms with Crippen LogP contribution in [0, 0.1) is 17.0 Å². The normalized spacial score (nSPS) is 12.0. The Morgan fingerprint density at radius 1 is 1.14 bits per heavy atom. The monoisotopic (exact) mass is 375 g/mol. The molecule has 2 heterocycles. The molecule has 0 spiro atoms. The van der Waals surface area contributed by atoms with Gasteiger partial charge in [0.2, 0.25) is 0 Å². The number of anilines is 1. The van der Waals surface area contributed by atoms with Gasteiger partial charge < -0.3 is 15.0 Å². The molecule has 4 aromatic rings. The lowest BCUT2D eigenvalue weighted by molar-refractivity contribution is -0.385. The molecule has 0 amide bonds. The molecule has 140 valence electrons. The van der Waals surface area contributed by atoms with Gasteiger partial charge in [0, 0.05) is 23.9 Å². The molecular formula is C20H17N5O3. The Morgan fingerprint density at radius 3 is 2.75 bits per heavy atom. The fourth-order valence-corrected chi connectivity index (χ4v) is 3.11. The summed E-state index contributed by atoms with van der Waals surface area (Å²) >= 11 is 0. The Hall–Kier alpha value is -3.94. The van der Waals surface area contributed by atoms with Crippen molar-refractivity contribution in [2.45, 2.75) is 13.1 Å². The minimum Gasteiger partial charge on any atom is -0.508 e. The molecule has 0 aliphatic heterocycles. The Labute approximate surface area is 160 Å². The molecule has 0 aliphatic carbocycles. The number of para-hydroxylation sites is 2. The third-order valence-electron chi connectivity index (χ3n) is 4.48. The summed E-state index contributed by atoms with van der Waals surface area (Å²) in [6.45, 7) is 1.94. The molecule has 2 aromatic heterocycles. The van der Waals surface area contributed by atoms with Crippen LogP contribution in [0.2, 0.25) is 0 Å². The second-order valence-electron chi connectivity index (χ2n) is 6.41.